The highest BCUT2D eigenvalue weighted by Crippen LogP contribution is 2.31. The van der Waals surface area contributed by atoms with Crippen molar-refractivity contribution in [3.05, 3.63) is 84.2 Å². The second-order valence-corrected chi connectivity index (χ2v) is 7.19. The van der Waals surface area contributed by atoms with Crippen LogP contribution < -0.4 is 15.4 Å². The quantitative estimate of drug-likeness (QED) is 0.597. The molecule has 30 heavy (non-hydrogen) atoms. The number of nitrogens with one attached hydrogen (secondary N) is 2. The van der Waals surface area contributed by atoms with Crippen molar-refractivity contribution in [1.82, 2.24) is 0 Å². The summed E-state index contributed by atoms with van der Waals surface area (Å²) in [4.78, 5) is 24.8. The zero-order chi connectivity index (χ0) is 20.9. The Hall–Kier alpha value is -3.67. The van der Waals surface area contributed by atoms with E-state index in [1.807, 2.05) is 24.3 Å². The number of halogens is 1. The maximum absolute atomic E-state index is 13.4. The molecule has 3 aromatic carbocycles. The van der Waals surface area contributed by atoms with Gasteiger partial charge in [-0.3, -0.25) is 9.59 Å². The van der Waals surface area contributed by atoms with Gasteiger partial charge in [-0.15, -0.1) is 0 Å². The summed E-state index contributed by atoms with van der Waals surface area (Å²) in [6, 6.07) is 20.5. The molecule has 1 aliphatic rings. The Balaban J connectivity index is 1.37. The fraction of sp³-hybridized carbons (Fsp3) is 0.167. The van der Waals surface area contributed by atoms with Crippen LogP contribution in [0.1, 0.15) is 18.4 Å². The summed E-state index contributed by atoms with van der Waals surface area (Å²) in [5.41, 5.74) is 2.41. The fourth-order valence-electron chi connectivity index (χ4n) is 3.48. The molecule has 2 N–H and O–H groups in total. The molecule has 0 saturated carbocycles. The maximum Gasteiger partial charge on any atom is 0.227 e. The maximum atomic E-state index is 13.4. The number of para-hydroxylation sites is 3. The van der Waals surface area contributed by atoms with Gasteiger partial charge in [-0.25, -0.2) is 4.39 Å². The van der Waals surface area contributed by atoms with Gasteiger partial charge >= 0.3 is 0 Å². The number of fused-ring (bicyclic) bond motifs is 1. The van der Waals surface area contributed by atoms with E-state index in [4.69, 9.17) is 4.74 Å². The predicted octanol–water partition coefficient (Wildman–Crippen LogP) is 5.15. The highest BCUT2D eigenvalue weighted by molar-refractivity contribution is 5.97. The first kappa shape index (κ1) is 19.6. The van der Waals surface area contributed by atoms with Crippen molar-refractivity contribution in [1.29, 1.82) is 0 Å². The third-order valence-electron chi connectivity index (χ3n) is 5.02. The Kier molecular flexibility index (Phi) is 5.75. The van der Waals surface area contributed by atoms with Crippen LogP contribution in [-0.2, 0) is 16.0 Å². The number of ether oxygens (including phenoxy) is 1. The molecule has 1 heterocycles. The monoisotopic (exact) mass is 404 g/mol. The molecule has 0 aliphatic carbocycles. The van der Waals surface area contributed by atoms with Gasteiger partial charge in [-0.05, 0) is 48.7 Å². The lowest BCUT2D eigenvalue weighted by atomic mass is 9.89. The number of amides is 2. The molecule has 5 nitrogen and oxygen atoms in total. The molecule has 0 bridgehead atoms. The van der Waals surface area contributed by atoms with Crippen LogP contribution in [0.3, 0.4) is 0 Å². The van der Waals surface area contributed by atoms with Crippen LogP contribution in [0.4, 0.5) is 15.8 Å². The lowest BCUT2D eigenvalue weighted by Gasteiger charge is -2.24. The summed E-state index contributed by atoms with van der Waals surface area (Å²) in [7, 11) is 0. The van der Waals surface area contributed by atoms with E-state index in [9.17, 15) is 14.0 Å². The molecule has 0 radical (unpaired) electrons. The van der Waals surface area contributed by atoms with Crippen molar-refractivity contribution in [3.8, 4) is 11.5 Å². The van der Waals surface area contributed by atoms with E-state index in [1.165, 1.54) is 12.1 Å². The summed E-state index contributed by atoms with van der Waals surface area (Å²) in [5.74, 6) is -0.158. The van der Waals surface area contributed by atoms with Crippen molar-refractivity contribution in [2.45, 2.75) is 19.3 Å². The summed E-state index contributed by atoms with van der Waals surface area (Å²) < 4.78 is 19.1. The number of anilines is 2. The number of benzene rings is 3. The van der Waals surface area contributed by atoms with E-state index in [0.29, 0.717) is 30.0 Å². The van der Waals surface area contributed by atoms with Gasteiger partial charge in [-0.1, -0.05) is 36.4 Å². The highest BCUT2D eigenvalue weighted by Gasteiger charge is 2.26. The molecular weight excluding hydrogens is 383 g/mol. The molecule has 152 valence electrons. The van der Waals surface area contributed by atoms with Gasteiger partial charge in [-0.2, -0.15) is 0 Å². The van der Waals surface area contributed by atoms with E-state index in [-0.39, 0.29) is 24.2 Å². The molecule has 1 atom stereocenters. The molecule has 1 unspecified atom stereocenters. The van der Waals surface area contributed by atoms with Gasteiger partial charge in [0.1, 0.15) is 11.6 Å². The van der Waals surface area contributed by atoms with Crippen molar-refractivity contribution in [2.24, 2.45) is 5.92 Å². The Morgan fingerprint density at radius 2 is 1.87 bits per heavy atom. The summed E-state index contributed by atoms with van der Waals surface area (Å²) >= 11 is 0. The smallest absolute Gasteiger partial charge is 0.227 e. The van der Waals surface area contributed by atoms with Crippen molar-refractivity contribution >= 4 is 23.2 Å². The molecule has 0 saturated heterocycles. The average molecular weight is 404 g/mol. The molecule has 1 aliphatic heterocycles. The lowest BCUT2D eigenvalue weighted by molar-refractivity contribution is -0.121. The second kappa shape index (κ2) is 8.78. The Bertz CT molecular complexity index is 1080. The molecule has 0 fully saturated rings. The first-order valence-corrected chi connectivity index (χ1v) is 9.79. The molecular formula is C24H21FN2O3. The van der Waals surface area contributed by atoms with Crippen molar-refractivity contribution in [3.63, 3.8) is 0 Å². The van der Waals surface area contributed by atoms with Gasteiger partial charge in [0.05, 0.1) is 5.69 Å². The van der Waals surface area contributed by atoms with Crippen LogP contribution in [0.2, 0.25) is 0 Å². The van der Waals surface area contributed by atoms with E-state index in [0.717, 1.165) is 11.3 Å². The standard InChI is InChI=1S/C24H21FN2O3/c25-18-7-5-8-19(15-18)30-22-11-4-3-10-21(22)26-23(28)13-12-17-14-16-6-1-2-9-20(16)27-24(17)29/h1-11,15,17H,12-14H2,(H,26,28)(H,27,29). The second-order valence-electron chi connectivity index (χ2n) is 7.19. The van der Waals surface area contributed by atoms with Crippen molar-refractivity contribution in [2.75, 3.05) is 10.6 Å². The minimum absolute atomic E-state index is 0.0589. The zero-order valence-electron chi connectivity index (χ0n) is 16.2. The molecule has 0 spiro atoms. The third-order valence-corrected chi connectivity index (χ3v) is 5.02. The SMILES string of the molecule is O=C(CCC1Cc2ccccc2NC1=O)Nc1ccccc1Oc1cccc(F)c1. The van der Waals surface area contributed by atoms with E-state index in [1.54, 1.807) is 36.4 Å². The summed E-state index contributed by atoms with van der Waals surface area (Å²) in [6.45, 7) is 0. The number of hydrogen-bond acceptors (Lipinski definition) is 3. The van der Waals surface area contributed by atoms with Crippen LogP contribution in [0.25, 0.3) is 0 Å². The van der Waals surface area contributed by atoms with E-state index < -0.39 is 5.82 Å². The minimum atomic E-state index is -0.402. The Labute approximate surface area is 173 Å². The van der Waals surface area contributed by atoms with Crippen LogP contribution in [0.15, 0.2) is 72.8 Å². The van der Waals surface area contributed by atoms with Crippen LogP contribution in [0.5, 0.6) is 11.5 Å². The normalized spacial score (nSPS) is 15.1. The van der Waals surface area contributed by atoms with Gasteiger partial charge < -0.3 is 15.4 Å². The molecule has 3 aromatic rings. The highest BCUT2D eigenvalue weighted by atomic mass is 19.1. The Morgan fingerprint density at radius 3 is 2.73 bits per heavy atom. The predicted molar refractivity (Wildman–Crippen MR) is 113 cm³/mol. The van der Waals surface area contributed by atoms with E-state index in [2.05, 4.69) is 10.6 Å². The first-order valence-electron chi connectivity index (χ1n) is 9.79. The number of carbonyl (C=O) groups excluding carboxylic acids is 2. The lowest BCUT2D eigenvalue weighted by Crippen LogP contribution is -2.30. The largest absolute Gasteiger partial charge is 0.455 e. The van der Waals surface area contributed by atoms with Crippen LogP contribution in [-0.4, -0.2) is 11.8 Å². The zero-order valence-corrected chi connectivity index (χ0v) is 16.2. The molecule has 2 amide bonds. The van der Waals surface area contributed by atoms with Crippen molar-refractivity contribution < 1.29 is 18.7 Å². The number of carbonyl (C=O) groups is 2. The number of hydrogen-bond donors (Lipinski definition) is 2. The minimum Gasteiger partial charge on any atom is -0.455 e. The summed E-state index contributed by atoms with van der Waals surface area (Å²) in [6.07, 6.45) is 1.27. The molecule has 4 rings (SSSR count). The third kappa shape index (κ3) is 4.66. The molecule has 6 heteroatoms. The number of rotatable bonds is 6. The molecule has 0 aromatic heterocycles. The van der Waals surface area contributed by atoms with Gasteiger partial charge in [0.2, 0.25) is 11.8 Å². The van der Waals surface area contributed by atoms with Gasteiger partial charge in [0, 0.05) is 24.1 Å². The topological polar surface area (TPSA) is 67.4 Å². The van der Waals surface area contributed by atoms with Gasteiger partial charge in [0.25, 0.3) is 0 Å². The Morgan fingerprint density at radius 1 is 1.07 bits per heavy atom. The van der Waals surface area contributed by atoms with Gasteiger partial charge in [0.15, 0.2) is 5.75 Å². The van der Waals surface area contributed by atoms with E-state index >= 15 is 0 Å². The first-order chi connectivity index (χ1) is 14.6. The van der Waals surface area contributed by atoms with Crippen LogP contribution in [0, 0.1) is 11.7 Å². The average Bonchev–Trinajstić information content (AvgIpc) is 2.74. The fourth-order valence-corrected chi connectivity index (χ4v) is 3.48. The summed E-state index contributed by atoms with van der Waals surface area (Å²) in [5, 5.41) is 5.73. The van der Waals surface area contributed by atoms with Crippen LogP contribution >= 0.6 is 0 Å².